The molecular formula is C96H97Cl2N6O27S3-5. The van der Waals surface area contributed by atoms with Crippen molar-refractivity contribution in [2.24, 2.45) is 10.9 Å². The molecule has 2 aromatic heterocycles. The van der Waals surface area contributed by atoms with Crippen LogP contribution in [0, 0.1) is 5.92 Å². The number of carboxylic acids is 5. The number of carbonyl (C=O) groups excluding carboxylic acids is 8. The smallest absolute Gasteiger partial charge is 0.349 e. The maximum Gasteiger partial charge on any atom is 0.349 e. The van der Waals surface area contributed by atoms with Gasteiger partial charge < -0.3 is 110 Å². The van der Waals surface area contributed by atoms with Gasteiger partial charge in [0.15, 0.2) is 10.9 Å². The number of alkyl halides is 1. The van der Waals surface area contributed by atoms with E-state index in [1.165, 1.54) is 136 Å². The van der Waals surface area contributed by atoms with E-state index in [1.54, 1.807) is 42.5 Å². The molecule has 0 bridgehead atoms. The van der Waals surface area contributed by atoms with Crippen molar-refractivity contribution >= 4 is 168 Å². The Labute approximate surface area is 789 Å². The number of aliphatic carboxylic acids is 4. The van der Waals surface area contributed by atoms with Gasteiger partial charge in [0.1, 0.15) is 73.6 Å². The van der Waals surface area contributed by atoms with E-state index in [1.807, 2.05) is 13.0 Å². The molecule has 7 unspecified atom stereocenters. The predicted molar refractivity (Wildman–Crippen MR) is 502 cm³/mol. The van der Waals surface area contributed by atoms with E-state index in [2.05, 4.69) is 88.2 Å². The molecule has 0 saturated carbocycles. The topological polar surface area (TPSA) is 566 Å². The number of fused-ring (bicyclic) bond motifs is 7. The number of carbonyl (C=O) groups is 9. The molecule has 15 rings (SSSR count). The summed E-state index contributed by atoms with van der Waals surface area (Å²) < 4.78 is 21.9. The van der Waals surface area contributed by atoms with Crippen molar-refractivity contribution < 1.29 is 112 Å². The number of rotatable bonds is 23. The number of benzene rings is 6. The Morgan fingerprint density at radius 3 is 1.88 bits per heavy atom. The predicted octanol–water partition coefficient (Wildman–Crippen LogP) is 6.77. The van der Waals surface area contributed by atoms with Crippen molar-refractivity contribution in [3.05, 3.63) is 236 Å². The molecule has 5 aliphatic heterocycles. The molecule has 1 saturated heterocycles. The molecule has 710 valence electrons. The van der Waals surface area contributed by atoms with E-state index in [0.29, 0.717) is 77.6 Å². The Morgan fingerprint density at radius 2 is 1.28 bits per heavy atom. The number of aliphatic hydroxyl groups is 1. The number of aliphatic imine (C=N–C) groups is 1. The van der Waals surface area contributed by atoms with Gasteiger partial charge >= 0.3 is 17.2 Å². The number of thioether (sulfide) groups is 3. The Morgan fingerprint density at radius 1 is 0.664 bits per heavy atom. The van der Waals surface area contributed by atoms with Crippen LogP contribution >= 0.6 is 58.5 Å². The average molecular weight is 1930 g/mol. The standard InChI is InChI=1S/C40H30ClN3O12S2.C21H16O5.C20H16ClN3O9S.3C4H10.C3H8.H2O/c41-27-8-17-7-18(40(54)56-29(17)12-28(27)47)13-42-14-32(48)43-34-36(49)44-35(39(52)53)19(16-58-37(34)44)15-57-22-3-6-23(26(11-22)38(50)51)33-24-4-1-20(45)9-30(24)55-31-10-21(46)2-5-25(31)33;1-11-2-5-14(17(8-11)21(24)25)20-15-6-3-12(22)9-18(15)26-19-10-13(23)4-7-16(19)20;1-7-6-34-17(24-14(7)18(28)29)15(19(30)31)23-13(26)5-22-16(27)9-2-8-3-10(21)11(25)4-12(8)33-20(9)32;3*1-3-4-2;1-3-2;/h1-12,27-28,34,37,42,45,47H,13-16H2,(H,43,48)(H,50,51)(H,52,53);2-7,9-10,17,22H,8H2,1H3,(H,24,25);2-4,15,17,25H,1,5-6H2,(H,22,27)(H,23,26)(H,28,29)(H,30,31);3*3-4H2,1-2H3;3H2,1-2H3;1H2/p-5. The third-order valence-electron chi connectivity index (χ3n) is 20.5. The Kier molecular flexibility index (Phi) is 38.9. The van der Waals surface area contributed by atoms with Crippen LogP contribution in [-0.2, 0) is 40.1 Å². The fourth-order valence-electron chi connectivity index (χ4n) is 13.5. The van der Waals surface area contributed by atoms with Gasteiger partial charge in [-0.2, -0.15) is 0 Å². The van der Waals surface area contributed by atoms with Crippen LogP contribution in [-0.4, -0.2) is 155 Å². The molecule has 7 heterocycles. The second kappa shape index (κ2) is 49.1. The molecule has 134 heavy (non-hydrogen) atoms. The third kappa shape index (κ3) is 26.5. The van der Waals surface area contributed by atoms with Crippen LogP contribution in [0.5, 0.6) is 17.2 Å². The minimum atomic E-state index is -1.73. The summed E-state index contributed by atoms with van der Waals surface area (Å²) in [6.07, 6.45) is 15.1. The Bertz CT molecular complexity index is 6580. The number of aromatic hydroxyl groups is 2. The van der Waals surface area contributed by atoms with Gasteiger partial charge in [-0.1, -0.05) is 161 Å². The normalized spacial score (nSPS) is 16.9. The first-order chi connectivity index (χ1) is 63.3. The number of phenols is 2. The summed E-state index contributed by atoms with van der Waals surface area (Å²) in [6.45, 7) is 21.7. The van der Waals surface area contributed by atoms with Crippen LogP contribution in [0.1, 0.15) is 146 Å². The molecule has 38 heteroatoms. The van der Waals surface area contributed by atoms with Crippen molar-refractivity contribution in [1.82, 2.24) is 26.2 Å². The molecule has 0 radical (unpaired) electrons. The van der Waals surface area contributed by atoms with Crippen LogP contribution in [0.15, 0.2) is 203 Å². The van der Waals surface area contributed by atoms with E-state index in [0.717, 1.165) is 46.1 Å². The van der Waals surface area contributed by atoms with Crippen molar-refractivity contribution in [1.29, 1.82) is 0 Å². The summed E-state index contributed by atoms with van der Waals surface area (Å²) in [5.41, 5.74) is 1.85. The highest BCUT2D eigenvalue weighted by atomic mass is 35.5. The molecule has 0 spiro atoms. The maximum atomic E-state index is 13.3. The summed E-state index contributed by atoms with van der Waals surface area (Å²) >= 11 is 15.2. The van der Waals surface area contributed by atoms with Crippen LogP contribution < -0.4 is 79.5 Å². The highest BCUT2D eigenvalue weighted by Crippen LogP contribution is 2.47. The maximum absolute atomic E-state index is 13.3. The molecule has 1 fully saturated rings. The van der Waals surface area contributed by atoms with Gasteiger partial charge in [0, 0.05) is 108 Å². The van der Waals surface area contributed by atoms with Crippen molar-refractivity contribution in [2.45, 2.75) is 159 Å². The number of phenolic OH excluding ortho intramolecular Hbond substituents is 2. The SMILES string of the molecule is C=C1CSC(C(NC(=O)CNC(=O)c2cc3cc(Cl)c(O)cc3oc2=O)C(=O)[O-])N=C1C(=O)[O-].CC1=CC=C(c2c3ccc(=O)cc-3oc3cc(O)ccc23)C(C(=O)[O-])C1.CCC.CCCC.CCCC.CCCC.O.O=C(CNCc1cc2c(oc1=O)=CC(O)C(Cl)C=2)NC1C(=O)N2C(C(=O)[O-])=C(CSc3ccc(-c4c5ccc(=O)cc-5oc5cc([O-])ccc45)c(C(=O)O)c3)CSC12. The Balaban J connectivity index is 0.000000246. The highest BCUT2D eigenvalue weighted by molar-refractivity contribution is 8.01. The molecular weight excluding hydrogens is 1840 g/mol. The van der Waals surface area contributed by atoms with Crippen molar-refractivity contribution in [2.75, 3.05) is 30.3 Å². The third-order valence-corrected chi connectivity index (χ3v) is 24.9. The second-order valence-corrected chi connectivity index (χ2v) is 34.8. The van der Waals surface area contributed by atoms with Crippen LogP contribution in [0.3, 0.4) is 0 Å². The van der Waals surface area contributed by atoms with Gasteiger partial charge in [-0.3, -0.25) is 38.7 Å². The first-order valence-electron chi connectivity index (χ1n) is 42.2. The number of allylic oxidation sites excluding steroid dienone is 3. The molecule has 6 aromatic rings. The van der Waals surface area contributed by atoms with E-state index < -0.39 is 123 Å². The summed E-state index contributed by atoms with van der Waals surface area (Å²) in [5.74, 6) is -11.2. The minimum absolute atomic E-state index is 0. The number of nitrogens with one attached hydrogen (secondary N) is 4. The molecule has 4 aliphatic carbocycles. The lowest BCUT2D eigenvalue weighted by Crippen LogP contribution is -2.71. The molecule has 33 nitrogen and oxygen atoms in total. The molecule has 9 aliphatic rings. The van der Waals surface area contributed by atoms with Crippen LogP contribution in [0.4, 0.5) is 0 Å². The average Bonchev–Trinajstić information content (AvgIpc) is 0.729. The van der Waals surface area contributed by atoms with E-state index in [-0.39, 0.29) is 119 Å². The van der Waals surface area contributed by atoms with Gasteiger partial charge in [-0.15, -0.1) is 52.6 Å². The number of amides is 4. The number of unbranched alkanes of at least 4 members (excludes halogenated alkanes) is 3. The van der Waals surface area contributed by atoms with Crippen molar-refractivity contribution in [3.8, 4) is 51.0 Å². The number of carboxylic acid groups (broad SMARTS) is 5. The second-order valence-electron chi connectivity index (χ2n) is 30.7. The van der Waals surface area contributed by atoms with Crippen LogP contribution in [0.2, 0.25) is 5.02 Å². The lowest BCUT2D eigenvalue weighted by molar-refractivity contribution is -0.310. The van der Waals surface area contributed by atoms with Gasteiger partial charge in [0.25, 0.3) is 11.8 Å². The van der Waals surface area contributed by atoms with E-state index in [4.69, 9.17) is 40.9 Å². The lowest BCUT2D eigenvalue weighted by atomic mass is 9.80. The van der Waals surface area contributed by atoms with E-state index >= 15 is 0 Å². The number of hydrogen-bond donors (Lipinski definition) is 8. The van der Waals surface area contributed by atoms with Crippen molar-refractivity contribution in [3.63, 3.8) is 0 Å². The number of aliphatic hydroxyl groups excluding tert-OH is 1. The number of β-lactam (4-membered cyclic amide) rings is 1. The number of halogens is 2. The lowest BCUT2D eigenvalue weighted by Gasteiger charge is -2.50. The largest absolute Gasteiger partial charge is 0.872 e. The van der Waals surface area contributed by atoms with Gasteiger partial charge in [0.2, 0.25) is 11.8 Å². The highest BCUT2D eigenvalue weighted by Gasteiger charge is 2.53. The first-order valence-corrected chi connectivity index (χ1v) is 46.1. The molecule has 4 amide bonds. The summed E-state index contributed by atoms with van der Waals surface area (Å²) in [7, 11) is 0. The summed E-state index contributed by atoms with van der Waals surface area (Å²) in [4.78, 5) is 164. The quantitative estimate of drug-likeness (QED) is 0.0108. The number of nitrogens with zero attached hydrogens (tertiary/aromatic N) is 2. The van der Waals surface area contributed by atoms with Gasteiger partial charge in [-0.05, 0) is 114 Å². The number of aromatic carboxylic acids is 1. The number of hydrogen-bond acceptors (Lipinski definition) is 30. The van der Waals surface area contributed by atoms with Gasteiger partial charge in [0.05, 0.1) is 70.0 Å². The molecule has 4 aromatic carbocycles. The minimum Gasteiger partial charge on any atom is -0.872 e. The summed E-state index contributed by atoms with van der Waals surface area (Å²) in [5, 5.41) is 107. The monoisotopic (exact) mass is 1930 g/mol. The summed E-state index contributed by atoms with van der Waals surface area (Å²) in [6, 6.07) is 24.3. The fourth-order valence-corrected chi connectivity index (χ4v) is 17.3. The van der Waals surface area contributed by atoms with Gasteiger partial charge in [-0.25, -0.2) is 14.4 Å². The zero-order chi connectivity index (χ0) is 97.5. The zero-order valence-electron chi connectivity index (χ0n) is 74.1. The van der Waals surface area contributed by atoms with E-state index in [9.17, 15) is 108 Å². The molecule has 7 atom stereocenters. The fraction of sp³-hybridized carbons (Fsp3) is 0.312. The Hall–Kier alpha value is -13.1. The molecule has 10 N–H and O–H groups in total. The first kappa shape index (κ1) is 106. The zero-order valence-corrected chi connectivity index (χ0v) is 78.0. The van der Waals surface area contributed by atoms with Crippen LogP contribution in [0.25, 0.3) is 84.4 Å².